The highest BCUT2D eigenvalue weighted by Crippen LogP contribution is 2.39. The number of halogens is 2. The van der Waals surface area contributed by atoms with Crippen LogP contribution in [0, 0.1) is 0 Å². The molecule has 0 aliphatic carbocycles. The van der Waals surface area contributed by atoms with E-state index in [0.29, 0.717) is 0 Å². The van der Waals surface area contributed by atoms with Crippen molar-refractivity contribution in [1.82, 2.24) is 9.97 Å². The number of rotatable bonds is 2. The van der Waals surface area contributed by atoms with Crippen molar-refractivity contribution < 1.29 is 0 Å². The normalized spacial score (nSPS) is 11.2. The van der Waals surface area contributed by atoms with Gasteiger partial charge in [-0.3, -0.25) is 9.97 Å². The monoisotopic (exact) mass is 450 g/mol. The SMILES string of the molecule is Brc1ccc(-c2ccc(-c3ccc(Br)s3)c3nccnc23)s1. The molecule has 0 saturated heterocycles. The summed E-state index contributed by atoms with van der Waals surface area (Å²) in [6, 6.07) is 12.6. The average molecular weight is 452 g/mol. The molecule has 0 amide bonds. The van der Waals surface area contributed by atoms with Crippen molar-refractivity contribution in [1.29, 1.82) is 0 Å². The lowest BCUT2D eigenvalue weighted by Gasteiger charge is -2.07. The van der Waals surface area contributed by atoms with Gasteiger partial charge in [-0.05, 0) is 56.1 Å². The van der Waals surface area contributed by atoms with E-state index in [1.165, 1.54) is 9.75 Å². The third kappa shape index (κ3) is 2.54. The van der Waals surface area contributed by atoms with Crippen LogP contribution in [0.4, 0.5) is 0 Å². The summed E-state index contributed by atoms with van der Waals surface area (Å²) >= 11 is 10.5. The number of fused-ring (bicyclic) bond motifs is 1. The molecule has 0 atom stereocenters. The molecule has 0 unspecified atom stereocenters. The highest BCUT2D eigenvalue weighted by atomic mass is 79.9. The van der Waals surface area contributed by atoms with Gasteiger partial charge in [0, 0.05) is 33.3 Å². The van der Waals surface area contributed by atoms with Gasteiger partial charge in [0.2, 0.25) is 0 Å². The number of thiophene rings is 2. The van der Waals surface area contributed by atoms with E-state index < -0.39 is 0 Å². The quantitative estimate of drug-likeness (QED) is 0.342. The smallest absolute Gasteiger partial charge is 0.0979 e. The first-order chi connectivity index (χ1) is 10.7. The fourth-order valence-electron chi connectivity index (χ4n) is 2.37. The fraction of sp³-hybridized carbons (Fsp3) is 0. The molecule has 0 N–H and O–H groups in total. The lowest BCUT2D eigenvalue weighted by Crippen LogP contribution is -1.88. The number of hydrogen-bond acceptors (Lipinski definition) is 4. The van der Waals surface area contributed by atoms with Gasteiger partial charge in [-0.15, -0.1) is 22.7 Å². The first-order valence-corrected chi connectivity index (χ1v) is 9.69. The Morgan fingerprint density at radius 3 is 1.45 bits per heavy atom. The number of aromatic nitrogens is 2. The van der Waals surface area contributed by atoms with Crippen LogP contribution in [-0.2, 0) is 0 Å². The topological polar surface area (TPSA) is 25.8 Å². The highest BCUT2D eigenvalue weighted by Gasteiger charge is 2.13. The zero-order valence-corrected chi connectivity index (χ0v) is 15.9. The van der Waals surface area contributed by atoms with Gasteiger partial charge in [-0.25, -0.2) is 0 Å². The summed E-state index contributed by atoms with van der Waals surface area (Å²) in [6.07, 6.45) is 3.51. The second kappa shape index (κ2) is 5.85. The molecule has 0 aliphatic rings. The van der Waals surface area contributed by atoms with Crippen LogP contribution in [0.2, 0.25) is 0 Å². The molecule has 0 radical (unpaired) electrons. The minimum Gasteiger partial charge on any atom is -0.252 e. The second-order valence-electron chi connectivity index (χ2n) is 4.62. The van der Waals surface area contributed by atoms with Gasteiger partial charge in [0.05, 0.1) is 18.6 Å². The van der Waals surface area contributed by atoms with E-state index in [2.05, 4.69) is 78.2 Å². The molecule has 0 bridgehead atoms. The van der Waals surface area contributed by atoms with Gasteiger partial charge in [-0.1, -0.05) is 12.1 Å². The van der Waals surface area contributed by atoms with Gasteiger partial charge >= 0.3 is 0 Å². The van der Waals surface area contributed by atoms with Gasteiger partial charge < -0.3 is 0 Å². The van der Waals surface area contributed by atoms with E-state index >= 15 is 0 Å². The summed E-state index contributed by atoms with van der Waals surface area (Å²) in [6.45, 7) is 0. The van der Waals surface area contributed by atoms with Crippen molar-refractivity contribution in [3.05, 3.63) is 56.4 Å². The number of hydrogen-bond donors (Lipinski definition) is 0. The van der Waals surface area contributed by atoms with Gasteiger partial charge in [0.15, 0.2) is 0 Å². The zero-order valence-electron chi connectivity index (χ0n) is 11.1. The Hall–Kier alpha value is -1.08. The lowest BCUT2D eigenvalue weighted by atomic mass is 10.1. The van der Waals surface area contributed by atoms with E-state index in [9.17, 15) is 0 Å². The molecule has 22 heavy (non-hydrogen) atoms. The largest absolute Gasteiger partial charge is 0.252 e. The first kappa shape index (κ1) is 14.5. The fourth-order valence-corrected chi connectivity index (χ4v) is 5.20. The van der Waals surface area contributed by atoms with Crippen LogP contribution in [0.5, 0.6) is 0 Å². The molecule has 3 heterocycles. The van der Waals surface area contributed by atoms with Crippen LogP contribution in [-0.4, -0.2) is 9.97 Å². The van der Waals surface area contributed by atoms with Crippen molar-refractivity contribution in [3.8, 4) is 20.9 Å². The molecule has 2 nitrogen and oxygen atoms in total. The molecular formula is C16H8Br2N2S2. The number of benzene rings is 1. The van der Waals surface area contributed by atoms with Crippen molar-refractivity contribution in [2.45, 2.75) is 0 Å². The molecule has 3 aromatic heterocycles. The van der Waals surface area contributed by atoms with Crippen LogP contribution < -0.4 is 0 Å². The van der Waals surface area contributed by atoms with Crippen LogP contribution in [0.1, 0.15) is 0 Å². The second-order valence-corrected chi connectivity index (χ2v) is 9.55. The molecule has 1 aromatic carbocycles. The van der Waals surface area contributed by atoms with Crippen molar-refractivity contribution >= 4 is 65.6 Å². The maximum absolute atomic E-state index is 4.58. The summed E-state index contributed by atoms with van der Waals surface area (Å²) in [7, 11) is 0. The molecule has 0 aliphatic heterocycles. The Bertz CT molecular complexity index is 896. The maximum Gasteiger partial charge on any atom is 0.0979 e. The Kier molecular flexibility index (Phi) is 3.86. The highest BCUT2D eigenvalue weighted by molar-refractivity contribution is 9.11. The molecule has 4 rings (SSSR count). The Balaban J connectivity index is 1.99. The van der Waals surface area contributed by atoms with E-state index in [1.54, 1.807) is 35.1 Å². The minimum atomic E-state index is 0.943. The van der Waals surface area contributed by atoms with Crippen molar-refractivity contribution in [3.63, 3.8) is 0 Å². The summed E-state index contributed by atoms with van der Waals surface area (Å²) in [5.74, 6) is 0. The van der Waals surface area contributed by atoms with Gasteiger partial charge in [0.25, 0.3) is 0 Å². The van der Waals surface area contributed by atoms with Crippen LogP contribution >= 0.6 is 54.5 Å². The van der Waals surface area contributed by atoms with E-state index in [4.69, 9.17) is 0 Å². The molecular weight excluding hydrogens is 444 g/mol. The van der Waals surface area contributed by atoms with E-state index in [0.717, 1.165) is 29.7 Å². The molecule has 0 saturated carbocycles. The lowest BCUT2D eigenvalue weighted by molar-refractivity contribution is 1.30. The molecule has 4 aromatic rings. The molecule has 0 fully saturated rings. The van der Waals surface area contributed by atoms with Gasteiger partial charge in [-0.2, -0.15) is 0 Å². The number of nitrogens with zero attached hydrogens (tertiary/aromatic N) is 2. The minimum absolute atomic E-state index is 0.943. The predicted octanol–water partition coefficient (Wildman–Crippen LogP) is 6.61. The van der Waals surface area contributed by atoms with Crippen LogP contribution in [0.15, 0.2) is 56.4 Å². The van der Waals surface area contributed by atoms with Gasteiger partial charge in [0.1, 0.15) is 0 Å². The average Bonchev–Trinajstić information content (AvgIpc) is 3.15. The third-order valence-corrected chi connectivity index (χ3v) is 6.62. The van der Waals surface area contributed by atoms with Crippen molar-refractivity contribution in [2.75, 3.05) is 0 Å². The third-order valence-electron chi connectivity index (χ3n) is 3.30. The Morgan fingerprint density at radius 2 is 1.09 bits per heavy atom. The van der Waals surface area contributed by atoms with Crippen LogP contribution in [0.25, 0.3) is 31.9 Å². The Labute approximate surface area is 152 Å². The zero-order chi connectivity index (χ0) is 15.1. The summed E-state index contributed by atoms with van der Waals surface area (Å²) in [4.78, 5) is 11.5. The molecule has 6 heteroatoms. The summed E-state index contributed by atoms with van der Waals surface area (Å²) < 4.78 is 2.23. The standard InChI is InChI=1S/C16H8Br2N2S2/c17-13-5-3-11(21-13)9-1-2-10(12-4-6-14(18)22-12)16-15(9)19-7-8-20-16/h1-8H. The summed E-state index contributed by atoms with van der Waals surface area (Å²) in [5, 5.41) is 0. The molecule has 0 spiro atoms. The first-order valence-electron chi connectivity index (χ1n) is 6.47. The van der Waals surface area contributed by atoms with E-state index in [-0.39, 0.29) is 0 Å². The maximum atomic E-state index is 4.58. The predicted molar refractivity (Wildman–Crippen MR) is 102 cm³/mol. The molecule has 108 valence electrons. The van der Waals surface area contributed by atoms with Crippen LogP contribution in [0.3, 0.4) is 0 Å². The van der Waals surface area contributed by atoms with Crippen molar-refractivity contribution in [2.24, 2.45) is 0 Å². The van der Waals surface area contributed by atoms with E-state index in [1.807, 2.05) is 0 Å². The Morgan fingerprint density at radius 1 is 0.636 bits per heavy atom. The summed E-state index contributed by atoms with van der Waals surface area (Å²) in [5.41, 5.74) is 4.13.